The van der Waals surface area contributed by atoms with E-state index in [9.17, 15) is 0 Å². The fraction of sp³-hybridized carbons (Fsp3) is 0.647. The summed E-state index contributed by atoms with van der Waals surface area (Å²) >= 11 is 5.96. The fourth-order valence-corrected chi connectivity index (χ4v) is 3.26. The molecule has 1 aromatic carbocycles. The molecule has 106 valence electrons. The van der Waals surface area contributed by atoms with Crippen LogP contribution in [0.1, 0.15) is 45.1 Å². The first-order valence-corrected chi connectivity index (χ1v) is 8.01. The molecule has 1 saturated carbocycles. The van der Waals surface area contributed by atoms with E-state index in [0.29, 0.717) is 6.04 Å². The van der Waals surface area contributed by atoms with Gasteiger partial charge in [-0.15, -0.1) is 0 Å². The van der Waals surface area contributed by atoms with Crippen molar-refractivity contribution >= 4 is 11.6 Å². The Labute approximate surface area is 122 Å². The van der Waals surface area contributed by atoms with Gasteiger partial charge < -0.3 is 5.32 Å². The van der Waals surface area contributed by atoms with Gasteiger partial charge in [0.2, 0.25) is 0 Å². The largest absolute Gasteiger partial charge is 0.314 e. The van der Waals surface area contributed by atoms with Gasteiger partial charge in [-0.05, 0) is 55.3 Å². The van der Waals surface area contributed by atoms with Crippen molar-refractivity contribution in [2.24, 2.45) is 11.8 Å². The van der Waals surface area contributed by atoms with Gasteiger partial charge in [-0.2, -0.15) is 0 Å². The van der Waals surface area contributed by atoms with E-state index in [1.807, 2.05) is 12.1 Å². The van der Waals surface area contributed by atoms with E-state index in [1.165, 1.54) is 44.2 Å². The molecule has 0 saturated heterocycles. The molecule has 1 fully saturated rings. The molecule has 0 aliphatic heterocycles. The highest BCUT2D eigenvalue weighted by molar-refractivity contribution is 6.30. The number of benzene rings is 1. The van der Waals surface area contributed by atoms with Crippen molar-refractivity contribution in [1.29, 1.82) is 0 Å². The molecule has 2 rings (SSSR count). The number of halogens is 1. The van der Waals surface area contributed by atoms with Crippen LogP contribution in [-0.4, -0.2) is 12.6 Å². The van der Waals surface area contributed by atoms with E-state index < -0.39 is 0 Å². The fourth-order valence-electron chi connectivity index (χ4n) is 3.13. The van der Waals surface area contributed by atoms with Crippen LogP contribution in [0.2, 0.25) is 5.02 Å². The maximum absolute atomic E-state index is 5.96. The van der Waals surface area contributed by atoms with Crippen LogP contribution in [0.4, 0.5) is 0 Å². The molecule has 2 atom stereocenters. The summed E-state index contributed by atoms with van der Waals surface area (Å²) in [6.07, 6.45) is 6.78. The SMILES string of the molecule is CC(C)NCC1CCCCC1Cc1ccc(Cl)cc1. The Kier molecular flexibility index (Phi) is 5.72. The van der Waals surface area contributed by atoms with Gasteiger partial charge in [0, 0.05) is 11.1 Å². The number of nitrogens with one attached hydrogen (secondary N) is 1. The van der Waals surface area contributed by atoms with Crippen molar-refractivity contribution in [2.45, 2.75) is 52.0 Å². The third-order valence-electron chi connectivity index (χ3n) is 4.27. The summed E-state index contributed by atoms with van der Waals surface area (Å²) < 4.78 is 0. The van der Waals surface area contributed by atoms with Gasteiger partial charge in [-0.1, -0.05) is 50.4 Å². The van der Waals surface area contributed by atoms with E-state index in [1.54, 1.807) is 0 Å². The van der Waals surface area contributed by atoms with Crippen molar-refractivity contribution in [1.82, 2.24) is 5.32 Å². The minimum absolute atomic E-state index is 0.595. The zero-order valence-electron chi connectivity index (χ0n) is 12.2. The van der Waals surface area contributed by atoms with E-state index >= 15 is 0 Å². The molecule has 1 N–H and O–H groups in total. The Hall–Kier alpha value is -0.530. The summed E-state index contributed by atoms with van der Waals surface area (Å²) in [4.78, 5) is 0. The van der Waals surface area contributed by atoms with Gasteiger partial charge in [0.1, 0.15) is 0 Å². The quantitative estimate of drug-likeness (QED) is 0.825. The van der Waals surface area contributed by atoms with E-state index in [2.05, 4.69) is 31.3 Å². The maximum atomic E-state index is 5.96. The maximum Gasteiger partial charge on any atom is 0.0406 e. The first kappa shape index (κ1) is 14.9. The lowest BCUT2D eigenvalue weighted by atomic mass is 9.76. The highest BCUT2D eigenvalue weighted by atomic mass is 35.5. The Bertz CT molecular complexity index is 371. The van der Waals surface area contributed by atoms with Crippen LogP contribution in [0.3, 0.4) is 0 Å². The predicted molar refractivity (Wildman–Crippen MR) is 83.7 cm³/mol. The second kappa shape index (κ2) is 7.31. The molecule has 19 heavy (non-hydrogen) atoms. The minimum atomic E-state index is 0.595. The first-order chi connectivity index (χ1) is 9.15. The van der Waals surface area contributed by atoms with Crippen LogP contribution in [0.25, 0.3) is 0 Å². The monoisotopic (exact) mass is 279 g/mol. The second-order valence-electron chi connectivity index (χ2n) is 6.20. The molecule has 0 aromatic heterocycles. The molecule has 1 aliphatic rings. The first-order valence-electron chi connectivity index (χ1n) is 7.63. The van der Waals surface area contributed by atoms with Crippen molar-refractivity contribution in [3.05, 3.63) is 34.9 Å². The summed E-state index contributed by atoms with van der Waals surface area (Å²) in [5, 5.41) is 4.46. The summed E-state index contributed by atoms with van der Waals surface area (Å²) in [5.74, 6) is 1.67. The summed E-state index contributed by atoms with van der Waals surface area (Å²) in [5.41, 5.74) is 1.44. The zero-order valence-corrected chi connectivity index (χ0v) is 12.9. The zero-order chi connectivity index (χ0) is 13.7. The molecule has 1 aliphatic carbocycles. The lowest BCUT2D eigenvalue weighted by molar-refractivity contribution is 0.224. The predicted octanol–water partition coefficient (Wildman–Crippen LogP) is 4.69. The smallest absolute Gasteiger partial charge is 0.0406 e. The molecule has 2 heteroatoms. The molecular weight excluding hydrogens is 254 g/mol. The summed E-state index contributed by atoms with van der Waals surface area (Å²) in [6, 6.07) is 8.99. The molecule has 0 amide bonds. The second-order valence-corrected chi connectivity index (χ2v) is 6.63. The highest BCUT2D eigenvalue weighted by Crippen LogP contribution is 2.32. The Morgan fingerprint density at radius 2 is 1.74 bits per heavy atom. The van der Waals surface area contributed by atoms with E-state index in [-0.39, 0.29) is 0 Å². The third kappa shape index (κ3) is 4.81. The van der Waals surface area contributed by atoms with Gasteiger partial charge in [0.25, 0.3) is 0 Å². The Morgan fingerprint density at radius 3 is 2.37 bits per heavy atom. The topological polar surface area (TPSA) is 12.0 Å². The molecule has 1 nitrogen and oxygen atoms in total. The normalized spacial score (nSPS) is 23.8. The molecule has 1 aromatic rings. The van der Waals surface area contributed by atoms with Crippen LogP contribution >= 0.6 is 11.6 Å². The number of hydrogen-bond acceptors (Lipinski definition) is 1. The molecule has 0 spiro atoms. The highest BCUT2D eigenvalue weighted by Gasteiger charge is 2.25. The van der Waals surface area contributed by atoms with Crippen molar-refractivity contribution in [3.63, 3.8) is 0 Å². The standard InChI is InChI=1S/C17H26ClN/c1-13(2)19-12-16-6-4-3-5-15(16)11-14-7-9-17(18)10-8-14/h7-10,13,15-16,19H,3-6,11-12H2,1-2H3. The van der Waals surface area contributed by atoms with Gasteiger partial charge in [-0.25, -0.2) is 0 Å². The number of rotatable bonds is 5. The van der Waals surface area contributed by atoms with Crippen LogP contribution in [0.5, 0.6) is 0 Å². The van der Waals surface area contributed by atoms with Gasteiger partial charge in [-0.3, -0.25) is 0 Å². The van der Waals surface area contributed by atoms with E-state index in [4.69, 9.17) is 11.6 Å². The average Bonchev–Trinajstić information content (AvgIpc) is 2.40. The van der Waals surface area contributed by atoms with E-state index in [0.717, 1.165) is 16.9 Å². The molecule has 0 radical (unpaired) electrons. The van der Waals surface area contributed by atoms with Crippen LogP contribution in [-0.2, 0) is 6.42 Å². The Balaban J connectivity index is 1.93. The average molecular weight is 280 g/mol. The van der Waals surface area contributed by atoms with Crippen LogP contribution in [0.15, 0.2) is 24.3 Å². The van der Waals surface area contributed by atoms with Gasteiger partial charge in [0.15, 0.2) is 0 Å². The third-order valence-corrected chi connectivity index (χ3v) is 4.52. The van der Waals surface area contributed by atoms with Crippen LogP contribution < -0.4 is 5.32 Å². The molecule has 2 unspecified atom stereocenters. The lowest BCUT2D eigenvalue weighted by Gasteiger charge is -2.32. The molecular formula is C17H26ClN. The van der Waals surface area contributed by atoms with Crippen molar-refractivity contribution in [2.75, 3.05) is 6.54 Å². The molecule has 0 heterocycles. The Morgan fingerprint density at radius 1 is 1.11 bits per heavy atom. The minimum Gasteiger partial charge on any atom is -0.314 e. The van der Waals surface area contributed by atoms with Crippen LogP contribution in [0, 0.1) is 11.8 Å². The van der Waals surface area contributed by atoms with Crippen molar-refractivity contribution in [3.8, 4) is 0 Å². The summed E-state index contributed by atoms with van der Waals surface area (Å²) in [7, 11) is 0. The number of hydrogen-bond donors (Lipinski definition) is 1. The molecule has 0 bridgehead atoms. The lowest BCUT2D eigenvalue weighted by Crippen LogP contribution is -2.34. The summed E-state index contributed by atoms with van der Waals surface area (Å²) in [6.45, 7) is 5.64. The van der Waals surface area contributed by atoms with Crippen molar-refractivity contribution < 1.29 is 0 Å². The van der Waals surface area contributed by atoms with Gasteiger partial charge >= 0.3 is 0 Å². The van der Waals surface area contributed by atoms with Gasteiger partial charge in [0.05, 0.1) is 0 Å².